The zero-order valence-electron chi connectivity index (χ0n) is 17.9. The van der Waals surface area contributed by atoms with E-state index in [1.807, 2.05) is 0 Å². The van der Waals surface area contributed by atoms with E-state index in [2.05, 4.69) is 42.0 Å². The molecule has 0 N–H and O–H groups in total. The van der Waals surface area contributed by atoms with Crippen LogP contribution in [0, 0.1) is 17.2 Å². The van der Waals surface area contributed by atoms with Gasteiger partial charge in [0.05, 0.1) is 21.1 Å². The minimum absolute atomic E-state index is 0.0503. The van der Waals surface area contributed by atoms with Gasteiger partial charge in [-0.3, -0.25) is 14.4 Å². The Labute approximate surface area is 187 Å². The molecule has 1 atom stereocenters. The fourth-order valence-corrected chi connectivity index (χ4v) is 3.92. The molecule has 1 unspecified atom stereocenters. The first-order valence-corrected chi connectivity index (χ1v) is 9.82. The van der Waals surface area contributed by atoms with Crippen molar-refractivity contribution in [3.05, 3.63) is 32.7 Å². The van der Waals surface area contributed by atoms with Crippen molar-refractivity contribution in [2.24, 2.45) is 16.0 Å². The lowest BCUT2D eigenvalue weighted by Crippen LogP contribution is -2.36. The van der Waals surface area contributed by atoms with Crippen LogP contribution in [0.3, 0.4) is 0 Å². The number of hydrogen-bond donors (Lipinski definition) is 0. The molecule has 0 spiro atoms. The van der Waals surface area contributed by atoms with Crippen LogP contribution in [0.1, 0.15) is 24.3 Å². The van der Waals surface area contributed by atoms with Gasteiger partial charge in [0.2, 0.25) is 17.4 Å². The first kappa shape index (κ1) is 17.2. The Balaban J connectivity index is 1.92. The Morgan fingerprint density at radius 3 is 2.59 bits per heavy atom. The van der Waals surface area contributed by atoms with Gasteiger partial charge in [-0.05, 0) is 49.9 Å². The molecule has 0 fully saturated rings. The summed E-state index contributed by atoms with van der Waals surface area (Å²) in [4.78, 5) is 40.1. The van der Waals surface area contributed by atoms with Crippen LogP contribution >= 0.6 is 31.9 Å². The summed E-state index contributed by atoms with van der Waals surface area (Å²) in [7, 11) is 0. The lowest BCUT2D eigenvalue weighted by molar-refractivity contribution is -0.124. The zero-order valence-corrected chi connectivity index (χ0v) is 18.1. The molecule has 1 aromatic carbocycles. The van der Waals surface area contributed by atoms with Crippen LogP contribution in [0.15, 0.2) is 42.8 Å². The number of benzene rings is 1. The Hall–Kier alpha value is -2.64. The zero-order chi connectivity index (χ0) is 23.8. The number of nitriles is 1. The van der Waals surface area contributed by atoms with Crippen molar-refractivity contribution in [3.8, 4) is 11.8 Å². The maximum absolute atomic E-state index is 12.2. The molecule has 2 aliphatic heterocycles. The molecule has 0 saturated carbocycles. The number of Topliss-reactive ketones (excluding diaryl/α,β-unsaturated/α-hetero) is 2. The third kappa shape index (κ3) is 4.36. The number of hydrazone groups is 1. The Kier molecular flexibility index (Phi) is 4.99. The van der Waals surface area contributed by atoms with Gasteiger partial charge in [0.15, 0.2) is 11.5 Å². The summed E-state index contributed by atoms with van der Waals surface area (Å²) < 4.78 is 29.2. The van der Waals surface area contributed by atoms with Gasteiger partial charge in [0.25, 0.3) is 5.91 Å². The number of carbonyl (C=O) groups excluding carboxylic acids is 3. The highest BCUT2D eigenvalue weighted by Gasteiger charge is 2.29. The van der Waals surface area contributed by atoms with Gasteiger partial charge in [-0.2, -0.15) is 15.4 Å². The van der Waals surface area contributed by atoms with E-state index >= 15 is 0 Å². The minimum atomic E-state index is -2.35. The van der Waals surface area contributed by atoms with Crippen LogP contribution in [0.2, 0.25) is 0 Å². The summed E-state index contributed by atoms with van der Waals surface area (Å²) in [6.07, 6.45) is 0.832. The minimum Gasteiger partial charge on any atom is -0.437 e. The number of anilines is 1. The van der Waals surface area contributed by atoms with Gasteiger partial charge >= 0.3 is 0 Å². The average Bonchev–Trinajstić information content (AvgIpc) is 2.70. The van der Waals surface area contributed by atoms with E-state index in [-0.39, 0.29) is 35.2 Å². The van der Waals surface area contributed by atoms with E-state index in [1.165, 1.54) is 25.1 Å². The molecule has 29 heavy (non-hydrogen) atoms. The summed E-state index contributed by atoms with van der Waals surface area (Å²) in [5.74, 6) is -2.32. The van der Waals surface area contributed by atoms with E-state index in [4.69, 9.17) is 14.1 Å². The number of ether oxygens (including phenoxy) is 1. The molecule has 2 heterocycles. The maximum Gasteiger partial charge on any atom is 0.255 e. The van der Waals surface area contributed by atoms with Gasteiger partial charge in [-0.15, -0.1) is 0 Å². The van der Waals surface area contributed by atoms with E-state index < -0.39 is 36.7 Å². The summed E-state index contributed by atoms with van der Waals surface area (Å²) in [6.45, 7) is -1.15. The number of aliphatic imine (C=N–C) groups is 1. The SMILES string of the molecule is [2H]C([2H])([2H])C(C)C1=CC(Oc2c(Br)cc(N3N=C(C#N)C(=O)CC3=O)cc2Br)=NCC1=O. The first-order valence-electron chi connectivity index (χ1n) is 9.73. The fraction of sp³-hybridized carbons (Fsp3) is 0.263. The van der Waals surface area contributed by atoms with Gasteiger partial charge in [-0.1, -0.05) is 13.8 Å². The molecule has 148 valence electrons. The lowest BCUT2D eigenvalue weighted by Gasteiger charge is -2.22. The van der Waals surface area contributed by atoms with Crippen molar-refractivity contribution >= 4 is 66.6 Å². The molecule has 3 rings (SSSR count). The van der Waals surface area contributed by atoms with Crippen molar-refractivity contribution in [2.75, 3.05) is 11.6 Å². The normalized spacial score (nSPS) is 19.9. The number of ketones is 2. The summed E-state index contributed by atoms with van der Waals surface area (Å²) >= 11 is 6.67. The number of nitrogens with zero attached hydrogens (tertiary/aromatic N) is 4. The van der Waals surface area contributed by atoms with E-state index in [9.17, 15) is 14.4 Å². The number of carbonyl (C=O) groups is 3. The number of amides is 1. The van der Waals surface area contributed by atoms with Crippen molar-refractivity contribution in [1.29, 1.82) is 5.26 Å². The van der Waals surface area contributed by atoms with E-state index in [0.29, 0.717) is 8.95 Å². The monoisotopic (exact) mass is 523 g/mol. The summed E-state index contributed by atoms with van der Waals surface area (Å²) in [5, 5.41) is 13.8. The van der Waals surface area contributed by atoms with E-state index in [0.717, 1.165) is 5.01 Å². The maximum atomic E-state index is 12.2. The molecular weight excluding hydrogens is 508 g/mol. The highest BCUT2D eigenvalue weighted by Crippen LogP contribution is 2.39. The highest BCUT2D eigenvalue weighted by atomic mass is 79.9. The van der Waals surface area contributed by atoms with E-state index in [1.54, 1.807) is 6.07 Å². The number of rotatable bonds is 3. The molecule has 0 aromatic heterocycles. The standard InChI is InChI=1S/C19H14Br2N4O4/c1-9(2)11-5-17(23-8-16(11)27)29-19-12(20)3-10(4-13(19)21)25-18(28)6-15(26)14(7-22)24-25/h3-5,9H,6,8H2,1-2H3/i1D3. The molecule has 0 saturated heterocycles. The van der Waals surface area contributed by atoms with Crippen molar-refractivity contribution < 1.29 is 23.2 Å². The van der Waals surface area contributed by atoms with Crippen LogP contribution in [0.25, 0.3) is 0 Å². The molecule has 0 bridgehead atoms. The number of dihydropyridines is 1. The van der Waals surface area contributed by atoms with Crippen LogP contribution in [0.4, 0.5) is 5.69 Å². The number of halogens is 2. The molecule has 1 amide bonds. The average molecular weight is 525 g/mol. The van der Waals surface area contributed by atoms with Crippen LogP contribution < -0.4 is 9.75 Å². The largest absolute Gasteiger partial charge is 0.437 e. The van der Waals surface area contributed by atoms with Crippen molar-refractivity contribution in [1.82, 2.24) is 0 Å². The third-order valence-electron chi connectivity index (χ3n) is 4.00. The second kappa shape index (κ2) is 8.39. The Morgan fingerprint density at radius 1 is 1.28 bits per heavy atom. The molecule has 0 radical (unpaired) electrons. The third-order valence-corrected chi connectivity index (χ3v) is 5.18. The Bertz CT molecular complexity index is 1150. The summed E-state index contributed by atoms with van der Waals surface area (Å²) in [5.41, 5.74) is -0.00498. The summed E-state index contributed by atoms with van der Waals surface area (Å²) in [6, 6.07) is 4.66. The highest BCUT2D eigenvalue weighted by molar-refractivity contribution is 9.11. The van der Waals surface area contributed by atoms with Crippen molar-refractivity contribution in [3.63, 3.8) is 0 Å². The fourth-order valence-electron chi connectivity index (χ4n) is 2.59. The predicted octanol–water partition coefficient (Wildman–Crippen LogP) is 3.34. The molecule has 0 aliphatic carbocycles. The molecule has 2 aliphatic rings. The predicted molar refractivity (Wildman–Crippen MR) is 113 cm³/mol. The molecule has 10 heteroatoms. The van der Waals surface area contributed by atoms with Gasteiger partial charge in [0, 0.05) is 15.8 Å². The lowest BCUT2D eigenvalue weighted by atomic mass is 9.97. The van der Waals surface area contributed by atoms with Gasteiger partial charge < -0.3 is 4.74 Å². The molecule has 8 nitrogen and oxygen atoms in total. The molecule has 1 aromatic rings. The van der Waals surface area contributed by atoms with Crippen LogP contribution in [-0.2, 0) is 14.4 Å². The molecular formula is C19H14Br2N4O4. The smallest absolute Gasteiger partial charge is 0.255 e. The second-order valence-corrected chi connectivity index (χ2v) is 7.81. The number of hydrogen-bond acceptors (Lipinski definition) is 7. The quantitative estimate of drug-likeness (QED) is 0.563. The Morgan fingerprint density at radius 2 is 1.97 bits per heavy atom. The topological polar surface area (TPSA) is 112 Å². The van der Waals surface area contributed by atoms with Crippen LogP contribution in [-0.4, -0.2) is 35.6 Å². The van der Waals surface area contributed by atoms with Crippen molar-refractivity contribution in [2.45, 2.75) is 20.2 Å². The first-order chi connectivity index (χ1) is 14.9. The van der Waals surface area contributed by atoms with Crippen LogP contribution in [0.5, 0.6) is 5.75 Å². The second-order valence-electron chi connectivity index (χ2n) is 6.11. The van der Waals surface area contributed by atoms with Gasteiger partial charge in [-0.25, -0.2) is 4.99 Å². The van der Waals surface area contributed by atoms with Gasteiger partial charge in [0.1, 0.15) is 12.6 Å².